The smallest absolute Gasteiger partial charge is 0.295 e. The second-order valence-corrected chi connectivity index (χ2v) is 7.66. The molecule has 0 atom stereocenters. The number of nitrogens with zero attached hydrogens (tertiary/aromatic N) is 3. The highest BCUT2D eigenvalue weighted by molar-refractivity contribution is 6.45. The zero-order chi connectivity index (χ0) is 23.5. The Morgan fingerprint density at radius 2 is 1.97 bits per heavy atom. The van der Waals surface area contributed by atoms with Crippen molar-refractivity contribution >= 4 is 39.9 Å². The van der Waals surface area contributed by atoms with E-state index in [1.807, 2.05) is 6.07 Å². The molecule has 0 bridgehead atoms. The monoisotopic (exact) mass is 445 g/mol. The zero-order valence-corrected chi connectivity index (χ0v) is 17.8. The molecule has 3 aromatic rings. The van der Waals surface area contributed by atoms with Crippen LogP contribution in [0.5, 0.6) is 0 Å². The quantitative estimate of drug-likeness (QED) is 0.363. The second-order valence-electron chi connectivity index (χ2n) is 7.66. The fourth-order valence-corrected chi connectivity index (χ4v) is 4.01. The molecule has 9 heteroatoms. The number of H-pyrrole nitrogens is 1. The minimum atomic E-state index is -0.829. The van der Waals surface area contributed by atoms with Gasteiger partial charge < -0.3 is 15.2 Å². The highest BCUT2D eigenvalue weighted by Crippen LogP contribution is 2.30. The second kappa shape index (κ2) is 9.04. The predicted molar refractivity (Wildman–Crippen MR) is 120 cm³/mol. The molecule has 1 aliphatic rings. The lowest BCUT2D eigenvalue weighted by Gasteiger charge is -2.28. The first-order chi connectivity index (χ1) is 15.9. The molecule has 4 rings (SSSR count). The van der Waals surface area contributed by atoms with Crippen LogP contribution in [-0.2, 0) is 9.59 Å². The molecule has 0 saturated carbocycles. The van der Waals surface area contributed by atoms with E-state index in [-0.39, 0.29) is 35.5 Å². The number of carbonyl (C=O) groups excluding carboxylic acids is 3. The number of pyridine rings is 1. The minimum Gasteiger partial charge on any atom is -0.359 e. The molecular weight excluding hydrogens is 425 g/mol. The molecule has 0 aliphatic carbocycles. The van der Waals surface area contributed by atoms with Gasteiger partial charge in [0.2, 0.25) is 5.91 Å². The third kappa shape index (κ3) is 4.23. The number of benzene rings is 1. The van der Waals surface area contributed by atoms with Gasteiger partial charge in [0.15, 0.2) is 5.70 Å². The van der Waals surface area contributed by atoms with Gasteiger partial charge in [-0.2, -0.15) is 0 Å². The maximum absolute atomic E-state index is 14.6. The maximum atomic E-state index is 14.6. The third-order valence-electron chi connectivity index (χ3n) is 5.57. The van der Waals surface area contributed by atoms with Crippen molar-refractivity contribution in [2.75, 3.05) is 18.4 Å². The van der Waals surface area contributed by atoms with E-state index in [1.54, 1.807) is 18.5 Å². The number of amides is 2. The van der Waals surface area contributed by atoms with Gasteiger partial charge in [0.1, 0.15) is 5.82 Å². The van der Waals surface area contributed by atoms with Crippen molar-refractivity contribution in [3.8, 4) is 0 Å². The molecule has 33 heavy (non-hydrogen) atoms. The van der Waals surface area contributed by atoms with Crippen LogP contribution in [0.2, 0.25) is 0 Å². The molecule has 2 aromatic heterocycles. The van der Waals surface area contributed by atoms with Gasteiger partial charge in [-0.05, 0) is 36.6 Å². The van der Waals surface area contributed by atoms with Crippen LogP contribution < -0.4 is 5.32 Å². The summed E-state index contributed by atoms with van der Waals surface area (Å²) in [5.74, 6) is -2.57. The number of aromatic amines is 1. The number of fused-ring (bicyclic) bond motifs is 1. The number of halogens is 1. The molecule has 8 nitrogen and oxygen atoms in total. The van der Waals surface area contributed by atoms with Crippen LogP contribution in [0.4, 0.5) is 10.1 Å². The fourth-order valence-electron chi connectivity index (χ4n) is 4.01. The summed E-state index contributed by atoms with van der Waals surface area (Å²) in [6.45, 7) is 9.41. The van der Waals surface area contributed by atoms with E-state index in [0.717, 1.165) is 17.2 Å². The molecule has 0 radical (unpaired) electrons. The largest absolute Gasteiger partial charge is 0.359 e. The van der Waals surface area contributed by atoms with Crippen molar-refractivity contribution < 1.29 is 18.8 Å². The lowest BCUT2D eigenvalue weighted by molar-refractivity contribution is -0.126. The SMILES string of the molecule is [C-]#[N+]C(=C1CCN(C(=O)C(=O)c2c[nH]c3c(NC(C)=O)ccc(F)c23)CC1)c1cccnc1. The van der Waals surface area contributed by atoms with E-state index in [1.165, 1.54) is 24.1 Å². The molecule has 166 valence electrons. The number of nitrogens with one attached hydrogen (secondary N) is 2. The van der Waals surface area contributed by atoms with Crippen molar-refractivity contribution in [2.24, 2.45) is 0 Å². The Kier molecular flexibility index (Phi) is 6.00. The van der Waals surface area contributed by atoms with Crippen molar-refractivity contribution in [1.29, 1.82) is 0 Å². The van der Waals surface area contributed by atoms with Crippen LogP contribution in [0.3, 0.4) is 0 Å². The highest BCUT2D eigenvalue weighted by atomic mass is 19.1. The van der Waals surface area contributed by atoms with E-state index in [2.05, 4.69) is 20.1 Å². The molecule has 1 aliphatic heterocycles. The van der Waals surface area contributed by atoms with Gasteiger partial charge in [0.05, 0.1) is 23.3 Å². The van der Waals surface area contributed by atoms with Crippen LogP contribution in [0, 0.1) is 12.4 Å². The zero-order valence-electron chi connectivity index (χ0n) is 17.8. The summed E-state index contributed by atoms with van der Waals surface area (Å²) < 4.78 is 14.6. The normalized spacial score (nSPS) is 13.5. The average Bonchev–Trinajstić information content (AvgIpc) is 3.28. The van der Waals surface area contributed by atoms with E-state index in [4.69, 9.17) is 6.57 Å². The first kappa shape index (κ1) is 21.9. The van der Waals surface area contributed by atoms with Crippen molar-refractivity contribution in [3.63, 3.8) is 0 Å². The molecule has 1 saturated heterocycles. The Morgan fingerprint density at radius 3 is 2.61 bits per heavy atom. The molecule has 0 unspecified atom stereocenters. The maximum Gasteiger partial charge on any atom is 0.295 e. The number of anilines is 1. The topological polar surface area (TPSA) is 99.5 Å². The highest BCUT2D eigenvalue weighted by Gasteiger charge is 2.29. The predicted octanol–water partition coefficient (Wildman–Crippen LogP) is 3.80. The molecular formula is C24H20FN5O3. The number of rotatable bonds is 4. The Labute approximate surface area is 188 Å². The third-order valence-corrected chi connectivity index (χ3v) is 5.57. The van der Waals surface area contributed by atoms with E-state index < -0.39 is 17.5 Å². The number of ketones is 1. The van der Waals surface area contributed by atoms with E-state index in [0.29, 0.717) is 24.2 Å². The van der Waals surface area contributed by atoms with Crippen molar-refractivity contribution in [2.45, 2.75) is 19.8 Å². The summed E-state index contributed by atoms with van der Waals surface area (Å²) in [5.41, 5.74) is 2.63. The van der Waals surface area contributed by atoms with Crippen LogP contribution >= 0.6 is 0 Å². The number of aromatic nitrogens is 2. The Balaban J connectivity index is 1.55. The summed E-state index contributed by atoms with van der Waals surface area (Å²) in [7, 11) is 0. The van der Waals surface area contributed by atoms with E-state index >= 15 is 0 Å². The Morgan fingerprint density at radius 1 is 1.21 bits per heavy atom. The van der Waals surface area contributed by atoms with Gasteiger partial charge in [-0.1, -0.05) is 11.6 Å². The molecule has 2 amide bonds. The van der Waals surface area contributed by atoms with Gasteiger partial charge in [0.25, 0.3) is 11.7 Å². The van der Waals surface area contributed by atoms with Gasteiger partial charge in [-0.25, -0.2) is 9.24 Å². The van der Waals surface area contributed by atoms with Crippen molar-refractivity contribution in [3.05, 3.63) is 76.8 Å². The Hall–Kier alpha value is -4.32. The van der Waals surface area contributed by atoms with Gasteiger partial charge in [-0.15, -0.1) is 0 Å². The fraction of sp³-hybridized carbons (Fsp3) is 0.208. The first-order valence-corrected chi connectivity index (χ1v) is 10.3. The average molecular weight is 445 g/mol. The van der Waals surface area contributed by atoms with Gasteiger partial charge in [-0.3, -0.25) is 19.4 Å². The Bertz CT molecular complexity index is 1330. The van der Waals surface area contributed by atoms with Crippen LogP contribution in [-0.4, -0.2) is 45.6 Å². The molecule has 1 fully saturated rings. The van der Waals surface area contributed by atoms with Gasteiger partial charge >= 0.3 is 0 Å². The van der Waals surface area contributed by atoms with Crippen LogP contribution in [0.1, 0.15) is 35.7 Å². The minimum absolute atomic E-state index is 0.0379. The summed E-state index contributed by atoms with van der Waals surface area (Å²) in [6, 6.07) is 6.11. The van der Waals surface area contributed by atoms with Crippen molar-refractivity contribution in [1.82, 2.24) is 14.9 Å². The summed E-state index contributed by atoms with van der Waals surface area (Å²) in [6.07, 6.45) is 5.46. The molecule has 0 spiro atoms. The number of hydrogen-bond donors (Lipinski definition) is 2. The summed E-state index contributed by atoms with van der Waals surface area (Å²) >= 11 is 0. The molecule has 1 aromatic carbocycles. The number of likely N-dealkylation sites (tertiary alicyclic amines) is 1. The lowest BCUT2D eigenvalue weighted by Crippen LogP contribution is -2.40. The first-order valence-electron chi connectivity index (χ1n) is 10.3. The lowest BCUT2D eigenvalue weighted by atomic mass is 9.98. The number of piperidine rings is 1. The van der Waals surface area contributed by atoms with Crippen LogP contribution in [0.25, 0.3) is 21.4 Å². The number of hydrogen-bond acceptors (Lipinski definition) is 4. The number of Topliss-reactive ketones (excluding diaryl/α,β-unsaturated/α-hetero) is 1. The standard InChI is InChI=1S/C24H20FN5O3/c1-14(31)29-19-6-5-18(25)20-17(13-28-22(19)20)23(32)24(33)30-10-7-15(8-11-30)21(26-2)16-4-3-9-27-12-16/h3-6,9,12-13,28H,7-8,10-11H2,1H3,(H,29,31). The number of carbonyl (C=O) groups is 3. The summed E-state index contributed by atoms with van der Waals surface area (Å²) in [5, 5.41) is 2.54. The molecule has 2 N–H and O–H groups in total. The van der Waals surface area contributed by atoms with E-state index in [9.17, 15) is 18.8 Å². The summed E-state index contributed by atoms with van der Waals surface area (Å²) in [4.78, 5) is 49.2. The molecule has 3 heterocycles. The van der Waals surface area contributed by atoms with Gasteiger partial charge in [0, 0.05) is 44.0 Å². The van der Waals surface area contributed by atoms with Crippen LogP contribution in [0.15, 0.2) is 48.4 Å².